The first kappa shape index (κ1) is 16.2. The van der Waals surface area contributed by atoms with Crippen molar-refractivity contribution < 1.29 is 15.0 Å². The van der Waals surface area contributed by atoms with E-state index < -0.39 is 0 Å². The summed E-state index contributed by atoms with van der Waals surface area (Å²) in [5, 5.41) is 21.9. The minimum Gasteiger partial charge on any atom is -0.507 e. The lowest BCUT2D eigenvalue weighted by Gasteiger charge is -2.29. The summed E-state index contributed by atoms with van der Waals surface area (Å²) in [6.45, 7) is 4.43. The van der Waals surface area contributed by atoms with Gasteiger partial charge in [-0.25, -0.2) is 0 Å². The van der Waals surface area contributed by atoms with Crippen LogP contribution in [0.3, 0.4) is 0 Å². The van der Waals surface area contributed by atoms with E-state index in [4.69, 9.17) is 0 Å². The standard InChI is InChI=1S/C14H20INO3/c1-3-14(4-2,9-17)8-16-13(19)11-7-10(15)5-6-12(11)18/h5-7,17-18H,3-4,8-9H2,1-2H3,(H,16,19). The Morgan fingerprint density at radius 1 is 1.37 bits per heavy atom. The molecule has 0 spiro atoms. The first-order valence-electron chi connectivity index (χ1n) is 6.35. The topological polar surface area (TPSA) is 69.6 Å². The number of aliphatic hydroxyl groups is 1. The number of amides is 1. The van der Waals surface area contributed by atoms with E-state index in [0.29, 0.717) is 6.54 Å². The molecular formula is C14H20INO3. The average Bonchev–Trinajstić information content (AvgIpc) is 2.43. The number of aromatic hydroxyl groups is 1. The quantitative estimate of drug-likeness (QED) is 0.668. The summed E-state index contributed by atoms with van der Waals surface area (Å²) in [5.74, 6) is -0.337. The Kier molecular flexibility index (Phi) is 6.06. The van der Waals surface area contributed by atoms with Crippen molar-refractivity contribution >= 4 is 28.5 Å². The smallest absolute Gasteiger partial charge is 0.255 e. The van der Waals surface area contributed by atoms with Crippen molar-refractivity contribution in [3.8, 4) is 5.75 Å². The number of phenols is 1. The Balaban J connectivity index is 2.77. The van der Waals surface area contributed by atoms with E-state index in [9.17, 15) is 15.0 Å². The zero-order chi connectivity index (χ0) is 14.5. The van der Waals surface area contributed by atoms with Gasteiger partial charge in [0.1, 0.15) is 5.75 Å². The van der Waals surface area contributed by atoms with Crippen molar-refractivity contribution in [1.82, 2.24) is 5.32 Å². The number of rotatable bonds is 6. The first-order valence-corrected chi connectivity index (χ1v) is 7.43. The second-order valence-corrected chi connectivity index (χ2v) is 5.96. The molecule has 0 aliphatic carbocycles. The van der Waals surface area contributed by atoms with E-state index in [2.05, 4.69) is 27.9 Å². The lowest BCUT2D eigenvalue weighted by Crippen LogP contribution is -2.39. The van der Waals surface area contributed by atoms with Crippen LogP contribution in [0.4, 0.5) is 0 Å². The third kappa shape index (κ3) is 4.07. The predicted octanol–water partition coefficient (Wildman–Crippen LogP) is 2.53. The number of carbonyl (C=O) groups excluding carboxylic acids is 1. The lowest BCUT2D eigenvalue weighted by molar-refractivity contribution is 0.0849. The van der Waals surface area contributed by atoms with E-state index in [0.717, 1.165) is 16.4 Å². The van der Waals surface area contributed by atoms with Crippen LogP contribution in [-0.2, 0) is 0 Å². The first-order chi connectivity index (χ1) is 8.98. The van der Waals surface area contributed by atoms with Crippen molar-refractivity contribution in [2.45, 2.75) is 26.7 Å². The van der Waals surface area contributed by atoms with Gasteiger partial charge in [0.2, 0.25) is 0 Å². The van der Waals surface area contributed by atoms with Gasteiger partial charge in [-0.3, -0.25) is 4.79 Å². The van der Waals surface area contributed by atoms with E-state index >= 15 is 0 Å². The molecule has 0 aliphatic heterocycles. The Morgan fingerprint density at radius 2 is 2.00 bits per heavy atom. The van der Waals surface area contributed by atoms with E-state index in [1.54, 1.807) is 12.1 Å². The Bertz CT molecular complexity index is 436. The Labute approximate surface area is 127 Å². The normalized spacial score (nSPS) is 11.4. The number of nitrogens with one attached hydrogen (secondary N) is 1. The molecule has 1 amide bonds. The van der Waals surface area contributed by atoms with Gasteiger partial charge >= 0.3 is 0 Å². The summed E-state index contributed by atoms with van der Waals surface area (Å²) >= 11 is 2.09. The van der Waals surface area contributed by atoms with Crippen molar-refractivity contribution in [3.05, 3.63) is 27.3 Å². The number of carbonyl (C=O) groups is 1. The van der Waals surface area contributed by atoms with Gasteiger partial charge in [-0.1, -0.05) is 13.8 Å². The lowest BCUT2D eigenvalue weighted by atomic mass is 9.83. The molecule has 4 nitrogen and oxygen atoms in total. The maximum atomic E-state index is 12.1. The summed E-state index contributed by atoms with van der Waals surface area (Å²) in [6.07, 6.45) is 1.58. The van der Waals surface area contributed by atoms with Crippen LogP contribution < -0.4 is 5.32 Å². The van der Waals surface area contributed by atoms with Crippen LogP contribution in [0, 0.1) is 8.99 Å². The van der Waals surface area contributed by atoms with E-state index in [-0.39, 0.29) is 29.2 Å². The number of hydrogen-bond acceptors (Lipinski definition) is 3. The molecule has 0 fully saturated rings. The van der Waals surface area contributed by atoms with Gasteiger partial charge < -0.3 is 15.5 Å². The molecule has 1 aromatic rings. The third-order valence-corrected chi connectivity index (χ3v) is 4.33. The largest absolute Gasteiger partial charge is 0.507 e. The fourth-order valence-electron chi connectivity index (χ4n) is 1.83. The molecule has 0 bridgehead atoms. The minimum atomic E-state index is -0.309. The summed E-state index contributed by atoms with van der Waals surface area (Å²) < 4.78 is 0.889. The van der Waals surface area contributed by atoms with Crippen molar-refractivity contribution in [2.75, 3.05) is 13.2 Å². The van der Waals surface area contributed by atoms with Crippen molar-refractivity contribution in [2.24, 2.45) is 5.41 Å². The summed E-state index contributed by atoms with van der Waals surface area (Å²) in [5.41, 5.74) is -0.0151. The third-order valence-electron chi connectivity index (χ3n) is 3.66. The number of benzene rings is 1. The van der Waals surface area contributed by atoms with Gasteiger partial charge in [-0.15, -0.1) is 0 Å². The molecule has 19 heavy (non-hydrogen) atoms. The van der Waals surface area contributed by atoms with Crippen LogP contribution in [0.15, 0.2) is 18.2 Å². The molecule has 3 N–H and O–H groups in total. The summed E-state index contributed by atoms with van der Waals surface area (Å²) in [6, 6.07) is 4.89. The molecule has 0 aromatic heterocycles. The highest BCUT2D eigenvalue weighted by Crippen LogP contribution is 2.25. The highest BCUT2D eigenvalue weighted by Gasteiger charge is 2.26. The van der Waals surface area contributed by atoms with Crippen molar-refractivity contribution in [1.29, 1.82) is 0 Å². The van der Waals surface area contributed by atoms with Crippen LogP contribution in [-0.4, -0.2) is 29.3 Å². The zero-order valence-electron chi connectivity index (χ0n) is 11.2. The molecule has 106 valence electrons. The van der Waals surface area contributed by atoms with E-state index in [1.807, 2.05) is 13.8 Å². The number of phenolic OH excluding ortho intramolecular Hbond substituents is 1. The predicted molar refractivity (Wildman–Crippen MR) is 83.3 cm³/mol. The van der Waals surface area contributed by atoms with Crippen LogP contribution in [0.2, 0.25) is 0 Å². The fourth-order valence-corrected chi connectivity index (χ4v) is 2.32. The van der Waals surface area contributed by atoms with Gasteiger partial charge in [-0.05, 0) is 53.6 Å². The number of halogens is 1. The highest BCUT2D eigenvalue weighted by atomic mass is 127. The van der Waals surface area contributed by atoms with Crippen LogP contribution >= 0.6 is 22.6 Å². The molecular weight excluding hydrogens is 357 g/mol. The Hall–Kier alpha value is -0.820. The van der Waals surface area contributed by atoms with Gasteiger partial charge in [0, 0.05) is 15.5 Å². The van der Waals surface area contributed by atoms with Gasteiger partial charge in [-0.2, -0.15) is 0 Å². The molecule has 0 unspecified atom stereocenters. The van der Waals surface area contributed by atoms with Crippen LogP contribution in [0.5, 0.6) is 5.75 Å². The monoisotopic (exact) mass is 377 g/mol. The van der Waals surface area contributed by atoms with Crippen molar-refractivity contribution in [3.63, 3.8) is 0 Å². The fraction of sp³-hybridized carbons (Fsp3) is 0.500. The molecule has 1 aromatic carbocycles. The summed E-state index contributed by atoms with van der Waals surface area (Å²) in [7, 11) is 0. The maximum Gasteiger partial charge on any atom is 0.255 e. The molecule has 0 radical (unpaired) electrons. The average molecular weight is 377 g/mol. The second-order valence-electron chi connectivity index (χ2n) is 4.71. The highest BCUT2D eigenvalue weighted by molar-refractivity contribution is 14.1. The molecule has 0 saturated carbocycles. The number of aliphatic hydroxyl groups excluding tert-OH is 1. The van der Waals surface area contributed by atoms with Crippen LogP contribution in [0.25, 0.3) is 0 Å². The summed E-state index contributed by atoms with van der Waals surface area (Å²) in [4.78, 5) is 12.1. The SMILES string of the molecule is CCC(CC)(CO)CNC(=O)c1cc(I)ccc1O. The van der Waals surface area contributed by atoms with Gasteiger partial charge in [0.25, 0.3) is 5.91 Å². The molecule has 1 rings (SSSR count). The van der Waals surface area contributed by atoms with E-state index in [1.165, 1.54) is 6.07 Å². The zero-order valence-corrected chi connectivity index (χ0v) is 13.4. The molecule has 0 saturated heterocycles. The maximum absolute atomic E-state index is 12.1. The number of hydrogen-bond donors (Lipinski definition) is 3. The second kappa shape index (κ2) is 7.09. The molecule has 0 aliphatic rings. The van der Waals surface area contributed by atoms with Crippen LogP contribution in [0.1, 0.15) is 37.0 Å². The molecule has 5 heteroatoms. The molecule has 0 heterocycles. The Morgan fingerprint density at radius 3 is 2.53 bits per heavy atom. The van der Waals surface area contributed by atoms with Gasteiger partial charge in [0.05, 0.1) is 12.2 Å². The minimum absolute atomic E-state index is 0.0273. The molecule has 0 atom stereocenters. The van der Waals surface area contributed by atoms with Gasteiger partial charge in [0.15, 0.2) is 0 Å².